The number of aromatic nitrogens is 2. The Labute approximate surface area is 107 Å². The Morgan fingerprint density at radius 3 is 2.83 bits per heavy atom. The highest BCUT2D eigenvalue weighted by molar-refractivity contribution is 7.19. The molecule has 0 bridgehead atoms. The Bertz CT molecular complexity index is 751. The van der Waals surface area contributed by atoms with E-state index in [0.717, 1.165) is 15.0 Å². The fraction of sp³-hybridized carbons (Fsp3) is 0.500. The van der Waals surface area contributed by atoms with Crippen molar-refractivity contribution in [2.45, 2.75) is 32.5 Å². The summed E-state index contributed by atoms with van der Waals surface area (Å²) in [7, 11) is 1.49. The van der Waals surface area contributed by atoms with Crippen LogP contribution in [0.4, 0.5) is 0 Å². The zero-order valence-corrected chi connectivity index (χ0v) is 11.3. The van der Waals surface area contributed by atoms with Crippen LogP contribution in [0.15, 0.2) is 9.59 Å². The van der Waals surface area contributed by atoms with Crippen LogP contribution in [0.2, 0.25) is 0 Å². The fourth-order valence-corrected chi connectivity index (χ4v) is 3.43. The molecule has 5 nitrogen and oxygen atoms in total. The van der Waals surface area contributed by atoms with E-state index in [-0.39, 0.29) is 16.9 Å². The van der Waals surface area contributed by atoms with Crippen LogP contribution in [0, 0.1) is 0 Å². The molecule has 0 unspecified atom stereocenters. The lowest BCUT2D eigenvalue weighted by Crippen LogP contribution is -2.33. The molecule has 0 radical (unpaired) electrons. The average molecular weight is 266 g/mol. The fourth-order valence-electron chi connectivity index (χ4n) is 2.27. The smallest absolute Gasteiger partial charge is 0.328 e. The van der Waals surface area contributed by atoms with Crippen molar-refractivity contribution < 1.29 is 4.74 Å². The molecule has 0 saturated heterocycles. The highest BCUT2D eigenvalue weighted by Gasteiger charge is 2.30. The van der Waals surface area contributed by atoms with E-state index < -0.39 is 0 Å². The normalized spacial score (nSPS) is 17.9. The van der Waals surface area contributed by atoms with Crippen LogP contribution in [0.5, 0.6) is 0 Å². The molecule has 18 heavy (non-hydrogen) atoms. The molecule has 2 aromatic heterocycles. The van der Waals surface area contributed by atoms with Crippen LogP contribution in [-0.4, -0.2) is 15.2 Å². The van der Waals surface area contributed by atoms with Crippen LogP contribution < -0.4 is 11.2 Å². The molecule has 0 aromatic carbocycles. The van der Waals surface area contributed by atoms with E-state index in [9.17, 15) is 9.59 Å². The summed E-state index contributed by atoms with van der Waals surface area (Å²) in [6, 6.07) is 0. The number of hydrogen-bond donors (Lipinski definition) is 1. The number of hydrogen-bond acceptors (Lipinski definition) is 4. The minimum atomic E-state index is -0.364. The summed E-state index contributed by atoms with van der Waals surface area (Å²) in [6.45, 7) is 4.53. The number of thiophene rings is 1. The topological polar surface area (TPSA) is 64.1 Å². The summed E-state index contributed by atoms with van der Waals surface area (Å²) in [5.74, 6) is 0. The SMILES string of the molecule is Cn1c(=O)[nH]c2c3c(sc2c1=O)COC(C)(C)C3. The summed E-state index contributed by atoms with van der Waals surface area (Å²) in [5, 5.41) is 0. The summed E-state index contributed by atoms with van der Waals surface area (Å²) >= 11 is 1.42. The van der Waals surface area contributed by atoms with Crippen molar-refractivity contribution in [2.24, 2.45) is 7.05 Å². The van der Waals surface area contributed by atoms with E-state index in [2.05, 4.69) is 4.98 Å². The van der Waals surface area contributed by atoms with E-state index in [1.165, 1.54) is 18.4 Å². The van der Waals surface area contributed by atoms with Crippen molar-refractivity contribution >= 4 is 21.6 Å². The molecule has 6 heteroatoms. The third-order valence-electron chi connectivity index (χ3n) is 3.32. The molecule has 0 fully saturated rings. The zero-order chi connectivity index (χ0) is 13.1. The highest BCUT2D eigenvalue weighted by atomic mass is 32.1. The molecule has 0 aliphatic carbocycles. The molecule has 0 atom stereocenters. The molecule has 1 N–H and O–H groups in total. The number of nitrogens with zero attached hydrogens (tertiary/aromatic N) is 1. The third kappa shape index (κ3) is 1.56. The second-order valence-corrected chi connectivity index (χ2v) is 6.33. The van der Waals surface area contributed by atoms with Crippen LogP contribution in [0.3, 0.4) is 0 Å². The predicted octanol–water partition coefficient (Wildman–Crippen LogP) is 1.14. The van der Waals surface area contributed by atoms with E-state index in [4.69, 9.17) is 4.74 Å². The van der Waals surface area contributed by atoms with Crippen LogP contribution in [0.1, 0.15) is 24.3 Å². The van der Waals surface area contributed by atoms with Gasteiger partial charge in [-0.25, -0.2) is 4.79 Å². The molecule has 3 heterocycles. The van der Waals surface area contributed by atoms with E-state index in [1.54, 1.807) is 0 Å². The Balaban J connectivity index is 2.38. The van der Waals surface area contributed by atoms with E-state index >= 15 is 0 Å². The van der Waals surface area contributed by atoms with Gasteiger partial charge in [0.1, 0.15) is 4.70 Å². The predicted molar refractivity (Wildman–Crippen MR) is 70.3 cm³/mol. The van der Waals surface area contributed by atoms with Gasteiger partial charge in [0.05, 0.1) is 17.7 Å². The number of ether oxygens (including phenoxy) is 1. The molecular formula is C12H14N2O3S. The Hall–Kier alpha value is -1.40. The summed E-state index contributed by atoms with van der Waals surface area (Å²) in [4.78, 5) is 27.6. The van der Waals surface area contributed by atoms with Gasteiger partial charge in [0.25, 0.3) is 5.56 Å². The van der Waals surface area contributed by atoms with Crippen molar-refractivity contribution in [3.63, 3.8) is 0 Å². The largest absolute Gasteiger partial charge is 0.370 e. The number of aromatic amines is 1. The van der Waals surface area contributed by atoms with Crippen molar-refractivity contribution in [1.82, 2.24) is 9.55 Å². The van der Waals surface area contributed by atoms with Gasteiger partial charge in [-0.2, -0.15) is 0 Å². The molecule has 3 rings (SSSR count). The standard InChI is InChI=1S/C12H14N2O3S/c1-12(2)4-6-7(5-17-12)18-9-8(6)13-11(16)14(3)10(9)15/h4-5H2,1-3H3,(H,13,16). The lowest BCUT2D eigenvalue weighted by molar-refractivity contribution is -0.0379. The lowest BCUT2D eigenvalue weighted by atomic mass is 9.95. The molecule has 96 valence electrons. The number of nitrogens with one attached hydrogen (secondary N) is 1. The van der Waals surface area contributed by atoms with Crippen molar-refractivity contribution in [2.75, 3.05) is 0 Å². The molecular weight excluding hydrogens is 252 g/mol. The first-order valence-electron chi connectivity index (χ1n) is 5.76. The van der Waals surface area contributed by atoms with Crippen LogP contribution >= 0.6 is 11.3 Å². The van der Waals surface area contributed by atoms with Crippen LogP contribution in [0.25, 0.3) is 10.2 Å². The first kappa shape index (κ1) is 11.7. The zero-order valence-electron chi connectivity index (χ0n) is 10.5. The second-order valence-electron chi connectivity index (χ2n) is 5.23. The first-order chi connectivity index (χ1) is 8.39. The minimum absolute atomic E-state index is 0.231. The third-order valence-corrected chi connectivity index (χ3v) is 4.52. The summed E-state index contributed by atoms with van der Waals surface area (Å²) in [5.41, 5.74) is 0.905. The number of H-pyrrole nitrogens is 1. The first-order valence-corrected chi connectivity index (χ1v) is 6.58. The van der Waals surface area contributed by atoms with Gasteiger partial charge in [-0.1, -0.05) is 0 Å². The van der Waals surface area contributed by atoms with Gasteiger partial charge < -0.3 is 9.72 Å². The summed E-state index contributed by atoms with van der Waals surface area (Å²) < 4.78 is 7.45. The van der Waals surface area contributed by atoms with Gasteiger partial charge >= 0.3 is 5.69 Å². The number of fused-ring (bicyclic) bond motifs is 3. The van der Waals surface area contributed by atoms with Gasteiger partial charge in [0.2, 0.25) is 0 Å². The monoisotopic (exact) mass is 266 g/mol. The van der Waals surface area contributed by atoms with E-state index in [0.29, 0.717) is 23.2 Å². The average Bonchev–Trinajstić information content (AvgIpc) is 2.63. The quantitative estimate of drug-likeness (QED) is 0.777. The molecule has 0 spiro atoms. The van der Waals surface area contributed by atoms with Crippen LogP contribution in [-0.2, 0) is 24.8 Å². The van der Waals surface area contributed by atoms with Crippen molar-refractivity contribution in [1.29, 1.82) is 0 Å². The highest BCUT2D eigenvalue weighted by Crippen LogP contribution is 2.36. The minimum Gasteiger partial charge on any atom is -0.370 e. The van der Waals surface area contributed by atoms with Gasteiger partial charge in [-0.15, -0.1) is 11.3 Å². The van der Waals surface area contributed by atoms with Gasteiger partial charge in [-0.05, 0) is 19.4 Å². The molecule has 0 amide bonds. The van der Waals surface area contributed by atoms with Gasteiger partial charge in [0.15, 0.2) is 0 Å². The number of rotatable bonds is 0. The summed E-state index contributed by atoms with van der Waals surface area (Å²) in [6.07, 6.45) is 0.714. The van der Waals surface area contributed by atoms with Gasteiger partial charge in [0, 0.05) is 18.3 Å². The van der Waals surface area contributed by atoms with Gasteiger partial charge in [-0.3, -0.25) is 9.36 Å². The molecule has 0 saturated carbocycles. The maximum Gasteiger partial charge on any atom is 0.328 e. The molecule has 1 aliphatic rings. The van der Waals surface area contributed by atoms with Crippen molar-refractivity contribution in [3.8, 4) is 0 Å². The van der Waals surface area contributed by atoms with E-state index in [1.807, 2.05) is 13.8 Å². The second kappa shape index (κ2) is 3.55. The molecule has 1 aliphatic heterocycles. The Kier molecular flexibility index (Phi) is 2.30. The lowest BCUT2D eigenvalue weighted by Gasteiger charge is -2.29. The maximum atomic E-state index is 12.0. The maximum absolute atomic E-state index is 12.0. The Morgan fingerprint density at radius 2 is 2.11 bits per heavy atom. The Morgan fingerprint density at radius 1 is 1.39 bits per heavy atom. The molecule has 2 aromatic rings. The van der Waals surface area contributed by atoms with Crippen molar-refractivity contribution in [3.05, 3.63) is 31.3 Å².